The molecule has 1 aliphatic heterocycles. The number of carboxylic acid groups (broad SMARTS) is 1. The molecule has 2 aromatic carbocycles. The molecule has 1 saturated heterocycles. The molecule has 0 aromatic heterocycles. The minimum Gasteiger partial charge on any atom is -0.481 e. The summed E-state index contributed by atoms with van der Waals surface area (Å²) in [7, 11) is 0. The highest BCUT2D eigenvalue weighted by Crippen LogP contribution is 2.44. The van der Waals surface area contributed by atoms with Crippen LogP contribution in [-0.4, -0.2) is 53.2 Å². The van der Waals surface area contributed by atoms with Gasteiger partial charge in [-0.1, -0.05) is 55.5 Å². The van der Waals surface area contributed by atoms with Gasteiger partial charge in [0.15, 0.2) is 0 Å². The van der Waals surface area contributed by atoms with Crippen LogP contribution in [0.25, 0.3) is 11.1 Å². The zero-order valence-electron chi connectivity index (χ0n) is 19.2. The predicted molar refractivity (Wildman–Crippen MR) is 124 cm³/mol. The van der Waals surface area contributed by atoms with E-state index in [2.05, 4.69) is 17.4 Å². The maximum Gasteiger partial charge on any atom is 0.408 e. The Morgan fingerprint density at radius 3 is 2.21 bits per heavy atom. The van der Waals surface area contributed by atoms with Gasteiger partial charge in [-0.05, 0) is 48.4 Å². The molecule has 4 rings (SSSR count). The molecule has 7 heteroatoms. The van der Waals surface area contributed by atoms with E-state index in [0.717, 1.165) is 22.3 Å². The topological polar surface area (TPSA) is 95.9 Å². The molecule has 2 amide bonds. The first kappa shape index (κ1) is 22.8. The number of amides is 2. The third-order valence-electron chi connectivity index (χ3n) is 6.86. The van der Waals surface area contributed by atoms with Crippen LogP contribution >= 0.6 is 0 Å². The van der Waals surface area contributed by atoms with Crippen molar-refractivity contribution in [2.45, 2.75) is 38.6 Å². The van der Waals surface area contributed by atoms with Gasteiger partial charge in [-0.15, -0.1) is 0 Å². The quantitative estimate of drug-likeness (QED) is 0.721. The molecule has 2 aromatic rings. The van der Waals surface area contributed by atoms with Crippen LogP contribution < -0.4 is 5.32 Å². The molecule has 2 N–H and O–H groups in total. The van der Waals surface area contributed by atoms with Crippen molar-refractivity contribution in [3.8, 4) is 11.1 Å². The lowest BCUT2D eigenvalue weighted by Gasteiger charge is -2.39. The van der Waals surface area contributed by atoms with Crippen LogP contribution in [0.15, 0.2) is 48.5 Å². The number of ether oxygens (including phenoxy) is 1. The van der Waals surface area contributed by atoms with E-state index < -0.39 is 23.5 Å². The number of carboxylic acids is 1. The summed E-state index contributed by atoms with van der Waals surface area (Å²) in [6.07, 6.45) is -0.0561. The Hall–Kier alpha value is -3.35. The lowest BCUT2D eigenvalue weighted by Crippen LogP contribution is -2.59. The lowest BCUT2D eigenvalue weighted by molar-refractivity contribution is -0.149. The highest BCUT2D eigenvalue weighted by Gasteiger charge is 2.40. The number of alkyl carbamates (subject to hydrolysis) is 1. The van der Waals surface area contributed by atoms with Crippen molar-refractivity contribution in [2.24, 2.45) is 11.8 Å². The van der Waals surface area contributed by atoms with Gasteiger partial charge in [-0.25, -0.2) is 4.79 Å². The largest absolute Gasteiger partial charge is 0.481 e. The van der Waals surface area contributed by atoms with Crippen LogP contribution in [0, 0.1) is 11.8 Å². The van der Waals surface area contributed by atoms with E-state index in [0.29, 0.717) is 13.0 Å². The van der Waals surface area contributed by atoms with Gasteiger partial charge in [-0.3, -0.25) is 9.59 Å². The fraction of sp³-hybridized carbons (Fsp3) is 0.423. The molecule has 2 aliphatic rings. The van der Waals surface area contributed by atoms with Crippen molar-refractivity contribution in [1.29, 1.82) is 0 Å². The number of hydrogen-bond acceptors (Lipinski definition) is 4. The summed E-state index contributed by atoms with van der Waals surface area (Å²) in [5, 5.41) is 12.1. The monoisotopic (exact) mass is 450 g/mol. The van der Waals surface area contributed by atoms with E-state index in [9.17, 15) is 19.5 Å². The Morgan fingerprint density at radius 1 is 1.06 bits per heavy atom. The summed E-state index contributed by atoms with van der Waals surface area (Å²) in [6, 6.07) is 16.2. The van der Waals surface area contributed by atoms with Gasteiger partial charge in [0.1, 0.15) is 12.1 Å². The average molecular weight is 451 g/mol. The van der Waals surface area contributed by atoms with Gasteiger partial charge in [0.25, 0.3) is 0 Å². The molecule has 1 fully saturated rings. The molecule has 174 valence electrons. The van der Waals surface area contributed by atoms with Gasteiger partial charge in [-0.2, -0.15) is 0 Å². The fourth-order valence-corrected chi connectivity index (χ4v) is 4.91. The Bertz CT molecular complexity index is 1030. The number of fused-ring (bicyclic) bond motifs is 3. The second kappa shape index (κ2) is 8.89. The SMILES string of the molecule is CC1CCN(C(=O)C(C)(C)NC(=O)OCC2c3ccccc3-c3ccccc32)CC1C(=O)O. The molecule has 0 spiro atoms. The maximum absolute atomic E-state index is 13.1. The molecule has 1 heterocycles. The third kappa shape index (κ3) is 4.45. The molecule has 0 saturated carbocycles. The van der Waals surface area contributed by atoms with Gasteiger partial charge >= 0.3 is 12.1 Å². The number of likely N-dealkylation sites (tertiary alicyclic amines) is 1. The number of aliphatic carboxylic acids is 1. The molecular weight excluding hydrogens is 420 g/mol. The minimum absolute atomic E-state index is 0.00440. The highest BCUT2D eigenvalue weighted by molar-refractivity contribution is 5.89. The number of piperidine rings is 1. The van der Waals surface area contributed by atoms with E-state index in [4.69, 9.17) is 4.74 Å². The first-order chi connectivity index (χ1) is 15.7. The van der Waals surface area contributed by atoms with Crippen LogP contribution in [0.2, 0.25) is 0 Å². The summed E-state index contributed by atoms with van der Waals surface area (Å²) in [5.74, 6) is -1.88. The summed E-state index contributed by atoms with van der Waals surface area (Å²) in [6.45, 7) is 5.90. The standard InChI is InChI=1S/C26H30N2O5/c1-16-12-13-28(14-21(16)23(29)30)24(31)26(2,3)27-25(32)33-15-22-19-10-6-4-8-17(19)18-9-5-7-11-20(18)22/h4-11,16,21-22H,12-15H2,1-3H3,(H,27,32)(H,29,30). The van der Waals surface area contributed by atoms with Crippen LogP contribution in [0.4, 0.5) is 4.79 Å². The molecule has 0 radical (unpaired) electrons. The Balaban J connectivity index is 1.40. The number of nitrogens with one attached hydrogen (secondary N) is 1. The molecule has 1 aliphatic carbocycles. The number of benzene rings is 2. The van der Waals surface area contributed by atoms with Crippen molar-refractivity contribution in [2.75, 3.05) is 19.7 Å². The molecule has 7 nitrogen and oxygen atoms in total. The Kier molecular flexibility index (Phi) is 6.15. The van der Waals surface area contributed by atoms with Gasteiger partial charge in [0.2, 0.25) is 5.91 Å². The highest BCUT2D eigenvalue weighted by atomic mass is 16.5. The number of carbonyl (C=O) groups is 3. The third-order valence-corrected chi connectivity index (χ3v) is 6.86. The van der Waals surface area contributed by atoms with Crippen LogP contribution in [0.1, 0.15) is 44.2 Å². The second-order valence-electron chi connectivity index (χ2n) is 9.54. The zero-order chi connectivity index (χ0) is 23.8. The number of nitrogens with zero attached hydrogens (tertiary/aromatic N) is 1. The Morgan fingerprint density at radius 2 is 1.64 bits per heavy atom. The first-order valence-electron chi connectivity index (χ1n) is 11.3. The van der Waals surface area contributed by atoms with E-state index in [1.54, 1.807) is 13.8 Å². The smallest absolute Gasteiger partial charge is 0.408 e. The van der Waals surface area contributed by atoms with Gasteiger partial charge in [0, 0.05) is 19.0 Å². The maximum atomic E-state index is 13.1. The first-order valence-corrected chi connectivity index (χ1v) is 11.3. The van der Waals surface area contributed by atoms with E-state index in [1.165, 1.54) is 4.90 Å². The molecule has 33 heavy (non-hydrogen) atoms. The second-order valence-corrected chi connectivity index (χ2v) is 9.54. The number of rotatable bonds is 5. The summed E-state index contributed by atoms with van der Waals surface area (Å²) < 4.78 is 5.57. The van der Waals surface area contributed by atoms with E-state index in [-0.39, 0.29) is 30.9 Å². The summed E-state index contributed by atoms with van der Waals surface area (Å²) in [5.41, 5.74) is 3.30. The van der Waals surface area contributed by atoms with Crippen molar-refractivity contribution in [3.63, 3.8) is 0 Å². The number of carbonyl (C=O) groups excluding carboxylic acids is 2. The lowest BCUT2D eigenvalue weighted by atomic mass is 9.86. The van der Waals surface area contributed by atoms with Crippen LogP contribution in [-0.2, 0) is 14.3 Å². The fourth-order valence-electron chi connectivity index (χ4n) is 4.91. The van der Waals surface area contributed by atoms with E-state index >= 15 is 0 Å². The van der Waals surface area contributed by atoms with Crippen molar-refractivity contribution >= 4 is 18.0 Å². The van der Waals surface area contributed by atoms with Crippen LogP contribution in [0.3, 0.4) is 0 Å². The summed E-state index contributed by atoms with van der Waals surface area (Å²) in [4.78, 5) is 38.8. The zero-order valence-corrected chi connectivity index (χ0v) is 19.2. The molecule has 2 atom stereocenters. The Labute approximate surface area is 193 Å². The molecule has 0 bridgehead atoms. The van der Waals surface area contributed by atoms with E-state index in [1.807, 2.05) is 43.3 Å². The average Bonchev–Trinajstić information content (AvgIpc) is 3.11. The number of hydrogen-bond donors (Lipinski definition) is 2. The predicted octanol–water partition coefficient (Wildman–Crippen LogP) is 3.87. The van der Waals surface area contributed by atoms with Crippen molar-refractivity contribution in [1.82, 2.24) is 10.2 Å². The van der Waals surface area contributed by atoms with Gasteiger partial charge in [0.05, 0.1) is 5.92 Å². The van der Waals surface area contributed by atoms with Gasteiger partial charge < -0.3 is 20.1 Å². The minimum atomic E-state index is -1.22. The van der Waals surface area contributed by atoms with Crippen molar-refractivity contribution in [3.05, 3.63) is 59.7 Å². The van der Waals surface area contributed by atoms with Crippen LogP contribution in [0.5, 0.6) is 0 Å². The normalized spacial score (nSPS) is 20.0. The molecule has 2 unspecified atom stereocenters. The van der Waals surface area contributed by atoms with Crippen molar-refractivity contribution < 1.29 is 24.2 Å². The summed E-state index contributed by atoms with van der Waals surface area (Å²) >= 11 is 0. The molecular formula is C26H30N2O5.